The lowest BCUT2D eigenvalue weighted by Gasteiger charge is -2.31. The second-order valence-corrected chi connectivity index (χ2v) is 10.0. The third kappa shape index (κ3) is 8.34. The van der Waals surface area contributed by atoms with E-state index in [0.717, 1.165) is 11.3 Å². The van der Waals surface area contributed by atoms with E-state index in [0.29, 0.717) is 31.2 Å². The highest BCUT2D eigenvalue weighted by Crippen LogP contribution is 2.19. The Hall–Kier alpha value is -2.27. The van der Waals surface area contributed by atoms with Crippen LogP contribution < -0.4 is 5.32 Å². The van der Waals surface area contributed by atoms with Gasteiger partial charge in [-0.25, -0.2) is 0 Å². The Morgan fingerprint density at radius 2 is 1.56 bits per heavy atom. The zero-order valence-corrected chi connectivity index (χ0v) is 21.2. The van der Waals surface area contributed by atoms with Crippen LogP contribution in [0.4, 0.5) is 0 Å². The first kappa shape index (κ1) is 26.0. The molecule has 0 heterocycles. The Morgan fingerprint density at radius 1 is 0.938 bits per heavy atom. The number of carbonyl (C=O) groups is 2. The molecule has 1 N–H and O–H groups in total. The van der Waals surface area contributed by atoms with E-state index >= 15 is 0 Å². The van der Waals surface area contributed by atoms with Crippen molar-refractivity contribution in [1.82, 2.24) is 10.2 Å². The maximum absolute atomic E-state index is 13.3. The number of hydrogen-bond acceptors (Lipinski definition) is 3. The minimum Gasteiger partial charge on any atom is -0.354 e. The topological polar surface area (TPSA) is 49.4 Å². The zero-order chi connectivity index (χ0) is 23.7. The van der Waals surface area contributed by atoms with Gasteiger partial charge >= 0.3 is 0 Å². The smallest absolute Gasteiger partial charge is 0.242 e. The molecule has 0 spiro atoms. The number of aryl methyl sites for hydroxylation is 3. The largest absolute Gasteiger partial charge is 0.354 e. The average Bonchev–Trinajstić information content (AvgIpc) is 2.72. The van der Waals surface area contributed by atoms with Crippen molar-refractivity contribution < 1.29 is 9.59 Å². The number of amides is 2. The number of carbonyl (C=O) groups excluding carboxylic acids is 2. The fourth-order valence-corrected chi connectivity index (χ4v) is 4.57. The first-order chi connectivity index (χ1) is 15.2. The summed E-state index contributed by atoms with van der Waals surface area (Å²) in [6.07, 6.45) is 0.587. The molecule has 1 atom stereocenters. The van der Waals surface area contributed by atoms with Crippen LogP contribution in [0, 0.1) is 26.7 Å². The molecule has 0 aromatic heterocycles. The molecule has 0 aliphatic heterocycles. The van der Waals surface area contributed by atoms with Crippen molar-refractivity contribution in [3.63, 3.8) is 0 Å². The molecule has 32 heavy (non-hydrogen) atoms. The van der Waals surface area contributed by atoms with Crippen LogP contribution in [0.5, 0.6) is 0 Å². The summed E-state index contributed by atoms with van der Waals surface area (Å²) in [5.74, 6) is 1.44. The van der Waals surface area contributed by atoms with Crippen molar-refractivity contribution in [2.45, 2.75) is 66.3 Å². The Bertz CT molecular complexity index is 873. The van der Waals surface area contributed by atoms with Crippen molar-refractivity contribution in [2.75, 3.05) is 12.3 Å². The van der Waals surface area contributed by atoms with E-state index in [1.165, 1.54) is 22.3 Å². The number of hydrogen-bond donors (Lipinski definition) is 1. The summed E-state index contributed by atoms with van der Waals surface area (Å²) < 4.78 is 0. The van der Waals surface area contributed by atoms with Crippen molar-refractivity contribution in [2.24, 2.45) is 5.92 Å². The Labute approximate surface area is 198 Å². The molecule has 0 saturated heterocycles. The second kappa shape index (κ2) is 12.7. The van der Waals surface area contributed by atoms with Crippen LogP contribution in [0.1, 0.15) is 55.0 Å². The standard InChI is InChI=1S/C27H38N2O2S/c1-7-25(27(31)28-15-19(2)3)29(16-23-10-8-20(4)9-11-23)26(30)18-32-17-24-13-21(5)12-22(6)14-24/h8-14,19,25H,7,15-18H2,1-6H3,(H,28,31). The summed E-state index contributed by atoms with van der Waals surface area (Å²) in [5, 5.41) is 3.02. The molecular weight excluding hydrogens is 416 g/mol. The van der Waals surface area contributed by atoms with E-state index < -0.39 is 6.04 Å². The molecule has 174 valence electrons. The van der Waals surface area contributed by atoms with Gasteiger partial charge in [0, 0.05) is 18.8 Å². The molecule has 2 rings (SSSR count). The van der Waals surface area contributed by atoms with Gasteiger partial charge in [-0.3, -0.25) is 9.59 Å². The number of rotatable bonds is 11. The monoisotopic (exact) mass is 454 g/mol. The van der Waals surface area contributed by atoms with Crippen molar-refractivity contribution in [3.05, 3.63) is 70.3 Å². The van der Waals surface area contributed by atoms with Gasteiger partial charge in [-0.2, -0.15) is 0 Å². The minimum absolute atomic E-state index is 0.00602. The van der Waals surface area contributed by atoms with Gasteiger partial charge in [-0.05, 0) is 44.2 Å². The van der Waals surface area contributed by atoms with Crippen LogP contribution in [0.25, 0.3) is 0 Å². The summed E-state index contributed by atoms with van der Waals surface area (Å²) in [6, 6.07) is 14.2. The molecular formula is C27H38N2O2S. The molecule has 0 saturated carbocycles. The highest BCUT2D eigenvalue weighted by Gasteiger charge is 2.28. The average molecular weight is 455 g/mol. The number of benzene rings is 2. The Balaban J connectivity index is 2.12. The predicted molar refractivity (Wildman–Crippen MR) is 136 cm³/mol. The van der Waals surface area contributed by atoms with Gasteiger partial charge in [0.15, 0.2) is 0 Å². The van der Waals surface area contributed by atoms with Crippen LogP contribution in [-0.2, 0) is 21.9 Å². The molecule has 0 fully saturated rings. The lowest BCUT2D eigenvalue weighted by atomic mass is 10.1. The quantitative estimate of drug-likeness (QED) is 0.493. The third-order valence-electron chi connectivity index (χ3n) is 5.32. The molecule has 0 radical (unpaired) electrons. The summed E-state index contributed by atoms with van der Waals surface area (Å²) >= 11 is 1.61. The summed E-state index contributed by atoms with van der Waals surface area (Å²) in [6.45, 7) is 13.4. The highest BCUT2D eigenvalue weighted by molar-refractivity contribution is 7.99. The van der Waals surface area contributed by atoms with Crippen LogP contribution in [0.15, 0.2) is 42.5 Å². The first-order valence-electron chi connectivity index (χ1n) is 11.5. The fraction of sp³-hybridized carbons (Fsp3) is 0.481. The Kier molecular flexibility index (Phi) is 10.3. The van der Waals surface area contributed by atoms with Gasteiger partial charge in [0.05, 0.1) is 5.75 Å². The molecule has 4 nitrogen and oxygen atoms in total. The molecule has 0 aliphatic rings. The summed E-state index contributed by atoms with van der Waals surface area (Å²) in [5.41, 5.74) is 5.92. The summed E-state index contributed by atoms with van der Waals surface area (Å²) in [4.78, 5) is 28.0. The first-order valence-corrected chi connectivity index (χ1v) is 12.6. The summed E-state index contributed by atoms with van der Waals surface area (Å²) in [7, 11) is 0. The minimum atomic E-state index is -0.468. The number of thioether (sulfide) groups is 1. The number of nitrogens with one attached hydrogen (secondary N) is 1. The SMILES string of the molecule is CCC(C(=O)NCC(C)C)N(Cc1ccc(C)cc1)C(=O)CSCc1cc(C)cc(C)c1. The second-order valence-electron chi connectivity index (χ2n) is 9.06. The van der Waals surface area contributed by atoms with Gasteiger partial charge in [-0.15, -0.1) is 11.8 Å². The highest BCUT2D eigenvalue weighted by atomic mass is 32.2. The van der Waals surface area contributed by atoms with Gasteiger partial charge in [-0.1, -0.05) is 79.9 Å². The van der Waals surface area contributed by atoms with Crippen molar-refractivity contribution in [3.8, 4) is 0 Å². The maximum atomic E-state index is 13.3. The van der Waals surface area contributed by atoms with Crippen molar-refractivity contribution >= 4 is 23.6 Å². The predicted octanol–water partition coefficient (Wildman–Crippen LogP) is 5.42. The van der Waals surface area contributed by atoms with E-state index in [1.54, 1.807) is 16.7 Å². The van der Waals surface area contributed by atoms with Gasteiger partial charge < -0.3 is 10.2 Å². The normalized spacial score (nSPS) is 12.0. The van der Waals surface area contributed by atoms with Gasteiger partial charge in [0.25, 0.3) is 0 Å². The molecule has 0 bridgehead atoms. The third-order valence-corrected chi connectivity index (χ3v) is 6.31. The molecule has 2 amide bonds. The molecule has 2 aromatic rings. The van der Waals surface area contributed by atoms with E-state index in [9.17, 15) is 9.59 Å². The van der Waals surface area contributed by atoms with Crippen molar-refractivity contribution in [1.29, 1.82) is 0 Å². The molecule has 1 unspecified atom stereocenters. The maximum Gasteiger partial charge on any atom is 0.242 e. The lowest BCUT2D eigenvalue weighted by molar-refractivity contribution is -0.139. The number of nitrogens with zero attached hydrogens (tertiary/aromatic N) is 1. The van der Waals surface area contributed by atoms with E-state index in [4.69, 9.17) is 0 Å². The zero-order valence-electron chi connectivity index (χ0n) is 20.4. The lowest BCUT2D eigenvalue weighted by Crippen LogP contribution is -2.50. The molecule has 2 aromatic carbocycles. The van der Waals surface area contributed by atoms with E-state index in [1.807, 2.05) is 38.1 Å². The van der Waals surface area contributed by atoms with E-state index in [-0.39, 0.29) is 11.8 Å². The van der Waals surface area contributed by atoms with Gasteiger partial charge in [0.2, 0.25) is 11.8 Å². The fourth-order valence-electron chi connectivity index (χ4n) is 3.72. The van der Waals surface area contributed by atoms with Crippen LogP contribution >= 0.6 is 11.8 Å². The van der Waals surface area contributed by atoms with E-state index in [2.05, 4.69) is 51.2 Å². The van der Waals surface area contributed by atoms with Crippen LogP contribution in [0.3, 0.4) is 0 Å². The van der Waals surface area contributed by atoms with Gasteiger partial charge in [0.1, 0.15) is 6.04 Å². The van der Waals surface area contributed by atoms with Crippen LogP contribution in [-0.4, -0.2) is 35.1 Å². The Morgan fingerprint density at radius 3 is 2.12 bits per heavy atom. The van der Waals surface area contributed by atoms with Crippen LogP contribution in [0.2, 0.25) is 0 Å². The molecule has 0 aliphatic carbocycles. The molecule has 5 heteroatoms.